The van der Waals surface area contributed by atoms with E-state index in [-0.39, 0.29) is 30.7 Å². The molecular weight excluding hydrogens is 399 g/mol. The fraction of sp³-hybridized carbons (Fsp3) is 0.333. The number of hydrogen-bond donors (Lipinski definition) is 2. The number of halogens is 1. The van der Waals surface area contributed by atoms with E-state index in [0.717, 1.165) is 11.8 Å². The number of fused-ring (bicyclic) bond motifs is 3. The fourth-order valence-corrected chi connectivity index (χ4v) is 4.26. The van der Waals surface area contributed by atoms with Crippen molar-refractivity contribution in [1.82, 2.24) is 19.0 Å². The molecule has 1 aromatic carbocycles. The summed E-state index contributed by atoms with van der Waals surface area (Å²) in [7, 11) is 1.63. The number of aliphatic hydroxyl groups excluding tert-OH is 1. The van der Waals surface area contributed by atoms with Gasteiger partial charge in [0.15, 0.2) is 0 Å². The number of nitriles is 1. The van der Waals surface area contributed by atoms with Crippen LogP contribution >= 0.6 is 11.9 Å². The predicted molar refractivity (Wildman–Crippen MR) is 102 cm³/mol. The number of aromatic nitrogens is 2. The maximum Gasteiger partial charge on any atom is 0.332 e. The van der Waals surface area contributed by atoms with E-state index in [1.165, 1.54) is 33.3 Å². The van der Waals surface area contributed by atoms with Crippen molar-refractivity contribution >= 4 is 29.6 Å². The SMILES string of the molecule is CN1C(=O)c2c3c(nn2CC1CO)CSN(C(=O)Nc1ccc(F)c(C#N)c1)C3. The van der Waals surface area contributed by atoms with Crippen LogP contribution in [0.3, 0.4) is 0 Å². The number of hydrogen-bond acceptors (Lipinski definition) is 6. The molecule has 150 valence electrons. The number of likely N-dealkylation sites (N-methyl/N-ethyl adjacent to an activating group) is 1. The number of rotatable bonds is 2. The number of urea groups is 1. The van der Waals surface area contributed by atoms with Crippen LogP contribution in [-0.4, -0.2) is 55.7 Å². The summed E-state index contributed by atoms with van der Waals surface area (Å²) in [6.07, 6.45) is 0. The van der Waals surface area contributed by atoms with E-state index in [4.69, 9.17) is 5.26 Å². The van der Waals surface area contributed by atoms with Gasteiger partial charge in [0.05, 0.1) is 42.7 Å². The van der Waals surface area contributed by atoms with E-state index in [0.29, 0.717) is 29.2 Å². The van der Waals surface area contributed by atoms with Crippen LogP contribution in [0.5, 0.6) is 0 Å². The zero-order valence-electron chi connectivity index (χ0n) is 15.4. The monoisotopic (exact) mass is 416 g/mol. The first-order chi connectivity index (χ1) is 13.9. The van der Waals surface area contributed by atoms with Gasteiger partial charge in [0.2, 0.25) is 0 Å². The summed E-state index contributed by atoms with van der Waals surface area (Å²) < 4.78 is 16.5. The molecule has 3 heterocycles. The second-order valence-corrected chi connectivity index (χ2v) is 7.74. The van der Waals surface area contributed by atoms with Crippen molar-refractivity contribution in [2.75, 3.05) is 19.0 Å². The predicted octanol–water partition coefficient (Wildman–Crippen LogP) is 1.54. The van der Waals surface area contributed by atoms with Gasteiger partial charge in [-0.15, -0.1) is 0 Å². The van der Waals surface area contributed by atoms with Gasteiger partial charge in [0.25, 0.3) is 5.91 Å². The average Bonchev–Trinajstić information content (AvgIpc) is 3.09. The minimum absolute atomic E-state index is 0.155. The fourth-order valence-electron chi connectivity index (χ4n) is 3.37. The lowest BCUT2D eigenvalue weighted by atomic mass is 10.1. The highest BCUT2D eigenvalue weighted by molar-refractivity contribution is 7.96. The van der Waals surface area contributed by atoms with E-state index < -0.39 is 11.8 Å². The molecule has 3 amide bonds. The third-order valence-corrected chi connectivity index (χ3v) is 6.03. The third-order valence-electron chi connectivity index (χ3n) is 5.02. The first kappa shape index (κ1) is 19.2. The maximum atomic E-state index is 13.5. The Morgan fingerprint density at radius 3 is 3.03 bits per heavy atom. The van der Waals surface area contributed by atoms with Crippen LogP contribution < -0.4 is 5.32 Å². The molecule has 11 heteroatoms. The molecule has 0 fully saturated rings. The van der Waals surface area contributed by atoms with Gasteiger partial charge in [-0.1, -0.05) is 0 Å². The number of carbonyl (C=O) groups excluding carboxylic acids is 2. The van der Waals surface area contributed by atoms with Crippen LogP contribution in [0.4, 0.5) is 14.9 Å². The zero-order chi connectivity index (χ0) is 20.7. The summed E-state index contributed by atoms with van der Waals surface area (Å²) in [6, 6.07) is 4.72. The number of nitrogens with zero attached hydrogens (tertiary/aromatic N) is 5. The van der Waals surface area contributed by atoms with Crippen molar-refractivity contribution < 1.29 is 19.1 Å². The van der Waals surface area contributed by atoms with Crippen molar-refractivity contribution in [2.24, 2.45) is 0 Å². The molecule has 2 aromatic rings. The smallest absolute Gasteiger partial charge is 0.332 e. The Bertz CT molecular complexity index is 1050. The second-order valence-electron chi connectivity index (χ2n) is 6.76. The lowest BCUT2D eigenvalue weighted by Gasteiger charge is -2.32. The minimum atomic E-state index is -0.655. The van der Waals surface area contributed by atoms with Crippen LogP contribution in [-0.2, 0) is 18.8 Å². The van der Waals surface area contributed by atoms with Crippen LogP contribution in [0.25, 0.3) is 0 Å². The van der Waals surface area contributed by atoms with Gasteiger partial charge in [0.1, 0.15) is 17.6 Å². The highest BCUT2D eigenvalue weighted by atomic mass is 32.2. The number of amides is 3. The highest BCUT2D eigenvalue weighted by Gasteiger charge is 2.37. The van der Waals surface area contributed by atoms with Crippen molar-refractivity contribution in [3.05, 3.63) is 46.5 Å². The molecule has 1 atom stereocenters. The molecule has 2 N–H and O–H groups in total. The largest absolute Gasteiger partial charge is 0.394 e. The molecule has 2 aliphatic rings. The van der Waals surface area contributed by atoms with Crippen LogP contribution in [0.1, 0.15) is 27.3 Å². The van der Waals surface area contributed by atoms with Crippen LogP contribution in [0, 0.1) is 17.1 Å². The molecule has 1 unspecified atom stereocenters. The van der Waals surface area contributed by atoms with Gasteiger partial charge in [-0.05, 0) is 30.1 Å². The van der Waals surface area contributed by atoms with E-state index in [9.17, 15) is 19.1 Å². The normalized spacial score (nSPS) is 18.1. The van der Waals surface area contributed by atoms with Crippen molar-refractivity contribution in [3.8, 4) is 6.07 Å². The Morgan fingerprint density at radius 1 is 1.52 bits per heavy atom. The third kappa shape index (κ3) is 3.30. The standard InChI is InChI=1S/C18H17FN6O3S/c1-23-12(8-26)6-24-16(17(23)27)13-7-25(29-9-15(13)22-24)18(28)21-11-2-3-14(19)10(4-11)5-20/h2-4,12,26H,6-9H2,1H3,(H,21,28). The summed E-state index contributed by atoms with van der Waals surface area (Å²) in [5.41, 5.74) is 2.00. The summed E-state index contributed by atoms with van der Waals surface area (Å²) in [6.45, 7) is 0.416. The van der Waals surface area contributed by atoms with Gasteiger partial charge < -0.3 is 15.3 Å². The van der Waals surface area contributed by atoms with Crippen molar-refractivity contribution in [1.29, 1.82) is 5.26 Å². The molecule has 0 saturated carbocycles. The highest BCUT2D eigenvalue weighted by Crippen LogP contribution is 2.33. The molecule has 0 spiro atoms. The molecule has 0 saturated heterocycles. The Balaban J connectivity index is 1.55. The molecule has 2 aliphatic heterocycles. The molecule has 1 aromatic heterocycles. The Kier molecular flexibility index (Phi) is 4.89. The number of aliphatic hydroxyl groups is 1. The quantitative estimate of drug-likeness (QED) is 0.718. The number of benzene rings is 1. The van der Waals surface area contributed by atoms with Crippen molar-refractivity contribution in [3.63, 3.8) is 0 Å². The minimum Gasteiger partial charge on any atom is -0.394 e. The van der Waals surface area contributed by atoms with Gasteiger partial charge in [-0.3, -0.25) is 13.8 Å². The molecule has 0 bridgehead atoms. The Labute approximate surface area is 169 Å². The Morgan fingerprint density at radius 2 is 2.31 bits per heavy atom. The molecular formula is C18H17FN6O3S. The number of nitrogens with one attached hydrogen (secondary N) is 1. The molecule has 0 aliphatic carbocycles. The van der Waals surface area contributed by atoms with Crippen LogP contribution in [0.2, 0.25) is 0 Å². The first-order valence-electron chi connectivity index (χ1n) is 8.80. The lowest BCUT2D eigenvalue weighted by Crippen LogP contribution is -2.48. The van der Waals surface area contributed by atoms with Gasteiger partial charge in [0, 0.05) is 18.3 Å². The van der Waals surface area contributed by atoms with E-state index in [1.54, 1.807) is 17.8 Å². The topological polar surface area (TPSA) is 114 Å². The zero-order valence-corrected chi connectivity index (χ0v) is 16.2. The summed E-state index contributed by atoms with van der Waals surface area (Å²) in [5, 5.41) is 25.5. The van der Waals surface area contributed by atoms with Gasteiger partial charge in [-0.25, -0.2) is 9.18 Å². The number of carbonyl (C=O) groups is 2. The summed E-state index contributed by atoms with van der Waals surface area (Å²) in [4.78, 5) is 26.9. The average molecular weight is 416 g/mol. The first-order valence-corrected chi connectivity index (χ1v) is 9.74. The molecule has 4 rings (SSSR count). The Hall–Kier alpha value is -3.10. The second kappa shape index (κ2) is 7.38. The molecule has 29 heavy (non-hydrogen) atoms. The summed E-state index contributed by atoms with van der Waals surface area (Å²) in [5.74, 6) is -0.484. The molecule has 9 nitrogen and oxygen atoms in total. The van der Waals surface area contributed by atoms with Gasteiger partial charge >= 0.3 is 6.03 Å². The van der Waals surface area contributed by atoms with Crippen LogP contribution in [0.15, 0.2) is 18.2 Å². The molecule has 0 radical (unpaired) electrons. The maximum absolute atomic E-state index is 13.5. The van der Waals surface area contributed by atoms with Crippen molar-refractivity contribution in [2.45, 2.75) is 24.9 Å². The van der Waals surface area contributed by atoms with E-state index >= 15 is 0 Å². The van der Waals surface area contributed by atoms with E-state index in [2.05, 4.69) is 10.4 Å². The lowest BCUT2D eigenvalue weighted by molar-refractivity contribution is 0.0547. The van der Waals surface area contributed by atoms with E-state index in [1.807, 2.05) is 0 Å². The van der Waals surface area contributed by atoms with Gasteiger partial charge in [-0.2, -0.15) is 10.4 Å². The number of anilines is 1. The summed E-state index contributed by atoms with van der Waals surface area (Å²) >= 11 is 1.25.